The van der Waals surface area contributed by atoms with Crippen LogP contribution >= 0.6 is 11.8 Å². The molecule has 8 heteroatoms. The molecule has 3 aromatic rings. The van der Waals surface area contributed by atoms with Gasteiger partial charge in [0.1, 0.15) is 6.61 Å². The van der Waals surface area contributed by atoms with Gasteiger partial charge in [0.2, 0.25) is 12.0 Å². The molecule has 162 valence electrons. The van der Waals surface area contributed by atoms with E-state index in [0.717, 1.165) is 5.56 Å². The fourth-order valence-electron chi connectivity index (χ4n) is 3.22. The maximum Gasteiger partial charge on any atom is 0.277 e. The molecule has 0 radical (unpaired) electrons. The summed E-state index contributed by atoms with van der Waals surface area (Å²) >= 11 is 1.23. The zero-order valence-electron chi connectivity index (χ0n) is 17.8. The molecule has 4 rings (SSSR count). The van der Waals surface area contributed by atoms with Gasteiger partial charge >= 0.3 is 0 Å². The predicted octanol–water partition coefficient (Wildman–Crippen LogP) is 4.50. The van der Waals surface area contributed by atoms with E-state index in [-0.39, 0.29) is 23.8 Å². The summed E-state index contributed by atoms with van der Waals surface area (Å²) in [7, 11) is 0. The normalized spacial score (nSPS) is 15.5. The van der Waals surface area contributed by atoms with Crippen LogP contribution in [0, 0.1) is 0 Å². The minimum absolute atomic E-state index is 0.00674. The Balaban J connectivity index is 1.37. The Bertz CT molecular complexity index is 1030. The first-order chi connectivity index (χ1) is 14.9. The molecule has 0 spiro atoms. The molecule has 7 nitrogen and oxygen atoms in total. The van der Waals surface area contributed by atoms with Gasteiger partial charge in [0.25, 0.3) is 11.1 Å². The van der Waals surface area contributed by atoms with Gasteiger partial charge in [-0.25, -0.2) is 0 Å². The molecule has 0 bridgehead atoms. The second-order valence-electron chi connectivity index (χ2n) is 8.20. The van der Waals surface area contributed by atoms with Gasteiger partial charge in [-0.1, -0.05) is 54.2 Å². The van der Waals surface area contributed by atoms with Gasteiger partial charge in [-0.15, -0.1) is 10.2 Å². The highest BCUT2D eigenvalue weighted by atomic mass is 32.2. The Morgan fingerprint density at radius 2 is 1.77 bits per heavy atom. The standard InChI is InChI=1S/C23H25N3O4S/c1-23(2,3)26(13-16-9-5-4-6-10-16)20(27)15-31-22-25-24-21(30-22)19-14-28-17-11-7-8-12-18(17)29-19/h4-12,19H,13-15H2,1-3H3. The van der Waals surface area contributed by atoms with Crippen molar-refractivity contribution < 1.29 is 18.7 Å². The zero-order chi connectivity index (χ0) is 21.8. The molecule has 1 unspecified atom stereocenters. The number of benzene rings is 2. The van der Waals surface area contributed by atoms with Gasteiger partial charge in [0.15, 0.2) is 11.5 Å². The third-order valence-corrected chi connectivity index (χ3v) is 5.62. The van der Waals surface area contributed by atoms with Crippen molar-refractivity contribution in [3.63, 3.8) is 0 Å². The van der Waals surface area contributed by atoms with Crippen LogP contribution in [0.3, 0.4) is 0 Å². The lowest BCUT2D eigenvalue weighted by Crippen LogP contribution is -2.45. The number of ether oxygens (including phenoxy) is 2. The van der Waals surface area contributed by atoms with Gasteiger partial charge in [-0.05, 0) is 38.5 Å². The fraction of sp³-hybridized carbons (Fsp3) is 0.348. The quantitative estimate of drug-likeness (QED) is 0.523. The molecular formula is C23H25N3O4S. The first-order valence-corrected chi connectivity index (χ1v) is 11.1. The summed E-state index contributed by atoms with van der Waals surface area (Å²) in [5, 5.41) is 8.48. The molecule has 1 aliphatic heterocycles. The predicted molar refractivity (Wildman–Crippen MR) is 117 cm³/mol. The summed E-state index contributed by atoms with van der Waals surface area (Å²) in [4.78, 5) is 14.8. The Labute approximate surface area is 185 Å². The summed E-state index contributed by atoms with van der Waals surface area (Å²) in [5.74, 6) is 1.88. The average Bonchev–Trinajstić information content (AvgIpc) is 3.24. The number of nitrogens with zero attached hydrogens (tertiary/aromatic N) is 3. The highest BCUT2D eigenvalue weighted by Crippen LogP contribution is 2.36. The fourth-order valence-corrected chi connectivity index (χ4v) is 3.86. The van der Waals surface area contributed by atoms with Gasteiger partial charge in [0.05, 0.1) is 5.75 Å². The van der Waals surface area contributed by atoms with E-state index in [0.29, 0.717) is 29.2 Å². The van der Waals surface area contributed by atoms with Crippen LogP contribution in [0.5, 0.6) is 11.5 Å². The van der Waals surface area contributed by atoms with E-state index < -0.39 is 6.10 Å². The second-order valence-corrected chi connectivity index (χ2v) is 9.12. The van der Waals surface area contributed by atoms with E-state index in [4.69, 9.17) is 13.9 Å². The first-order valence-electron chi connectivity index (χ1n) is 10.1. The first kappa shape index (κ1) is 21.2. The third-order valence-electron chi connectivity index (χ3n) is 4.82. The molecule has 0 N–H and O–H groups in total. The Hall–Kier alpha value is -3.00. The molecule has 0 saturated heterocycles. The van der Waals surface area contributed by atoms with E-state index in [1.165, 1.54) is 11.8 Å². The molecule has 1 amide bonds. The van der Waals surface area contributed by atoms with Crippen molar-refractivity contribution >= 4 is 17.7 Å². The average molecular weight is 440 g/mol. The summed E-state index contributed by atoms with van der Waals surface area (Å²) in [6.45, 7) is 6.92. The summed E-state index contributed by atoms with van der Waals surface area (Å²) < 4.78 is 17.3. The molecule has 0 saturated carbocycles. The maximum atomic E-state index is 13.0. The van der Waals surface area contributed by atoms with E-state index >= 15 is 0 Å². The van der Waals surface area contributed by atoms with Crippen molar-refractivity contribution in [2.45, 2.75) is 44.2 Å². The van der Waals surface area contributed by atoms with Crippen LogP contribution in [0.4, 0.5) is 0 Å². The maximum absolute atomic E-state index is 13.0. The van der Waals surface area contributed by atoms with Crippen LogP contribution in [0.25, 0.3) is 0 Å². The lowest BCUT2D eigenvalue weighted by Gasteiger charge is -2.35. The minimum Gasteiger partial charge on any atom is -0.485 e. The lowest BCUT2D eigenvalue weighted by atomic mass is 10.0. The van der Waals surface area contributed by atoms with Gasteiger partial charge < -0.3 is 18.8 Å². The number of amides is 1. The largest absolute Gasteiger partial charge is 0.485 e. The number of para-hydroxylation sites is 2. The topological polar surface area (TPSA) is 77.7 Å². The van der Waals surface area contributed by atoms with Crippen molar-refractivity contribution in [2.24, 2.45) is 0 Å². The second kappa shape index (κ2) is 9.01. The molecule has 2 aromatic carbocycles. The molecule has 1 aromatic heterocycles. The van der Waals surface area contributed by atoms with E-state index in [1.54, 1.807) is 0 Å². The highest BCUT2D eigenvalue weighted by molar-refractivity contribution is 7.99. The van der Waals surface area contributed by atoms with Crippen molar-refractivity contribution in [1.29, 1.82) is 0 Å². The summed E-state index contributed by atoms with van der Waals surface area (Å²) in [6.07, 6.45) is -0.475. The Morgan fingerprint density at radius 3 is 2.52 bits per heavy atom. The van der Waals surface area contributed by atoms with E-state index in [9.17, 15) is 4.79 Å². The van der Waals surface area contributed by atoms with Crippen molar-refractivity contribution in [3.8, 4) is 11.5 Å². The minimum atomic E-state index is -0.475. The third kappa shape index (κ3) is 5.19. The molecule has 0 fully saturated rings. The highest BCUT2D eigenvalue weighted by Gasteiger charge is 2.29. The Kier molecular flexibility index (Phi) is 6.18. The smallest absolute Gasteiger partial charge is 0.277 e. The number of aromatic nitrogens is 2. The molecule has 1 aliphatic rings. The summed E-state index contributed by atoms with van der Waals surface area (Å²) in [6, 6.07) is 17.4. The van der Waals surface area contributed by atoms with Crippen LogP contribution < -0.4 is 9.47 Å². The number of rotatable bonds is 6. The van der Waals surface area contributed by atoms with Gasteiger partial charge in [-0.3, -0.25) is 4.79 Å². The number of carbonyl (C=O) groups is 1. The summed E-state index contributed by atoms with van der Waals surface area (Å²) in [5.41, 5.74) is 0.777. The van der Waals surface area contributed by atoms with Crippen LogP contribution in [0.15, 0.2) is 64.2 Å². The number of fused-ring (bicyclic) bond motifs is 1. The van der Waals surface area contributed by atoms with Crippen LogP contribution in [-0.4, -0.2) is 38.9 Å². The van der Waals surface area contributed by atoms with Crippen LogP contribution in [0.1, 0.15) is 38.3 Å². The number of thioether (sulfide) groups is 1. The number of carbonyl (C=O) groups excluding carboxylic acids is 1. The van der Waals surface area contributed by atoms with Crippen LogP contribution in [-0.2, 0) is 11.3 Å². The number of hydrogen-bond acceptors (Lipinski definition) is 7. The van der Waals surface area contributed by atoms with E-state index in [2.05, 4.69) is 10.2 Å². The molecular weight excluding hydrogens is 414 g/mol. The van der Waals surface area contributed by atoms with E-state index in [1.807, 2.05) is 80.3 Å². The van der Waals surface area contributed by atoms with Crippen molar-refractivity contribution in [3.05, 3.63) is 66.1 Å². The molecule has 2 heterocycles. The SMILES string of the molecule is CC(C)(C)N(Cc1ccccc1)C(=O)CSc1nnc(C2COc3ccccc3O2)o1. The molecule has 31 heavy (non-hydrogen) atoms. The Morgan fingerprint density at radius 1 is 1.06 bits per heavy atom. The zero-order valence-corrected chi connectivity index (χ0v) is 18.6. The van der Waals surface area contributed by atoms with Gasteiger partial charge in [-0.2, -0.15) is 0 Å². The number of hydrogen-bond donors (Lipinski definition) is 0. The molecule has 0 aliphatic carbocycles. The molecule has 1 atom stereocenters. The van der Waals surface area contributed by atoms with Crippen molar-refractivity contribution in [1.82, 2.24) is 15.1 Å². The van der Waals surface area contributed by atoms with Gasteiger partial charge in [0, 0.05) is 12.1 Å². The lowest BCUT2D eigenvalue weighted by molar-refractivity contribution is -0.133. The van der Waals surface area contributed by atoms with Crippen LogP contribution in [0.2, 0.25) is 0 Å². The monoisotopic (exact) mass is 439 g/mol. The van der Waals surface area contributed by atoms with Crippen molar-refractivity contribution in [2.75, 3.05) is 12.4 Å².